The molecule has 0 spiro atoms. The number of hydrogen-bond acceptors (Lipinski definition) is 3. The third kappa shape index (κ3) is 2.79. The smallest absolute Gasteiger partial charge is 0.119 e. The maximum Gasteiger partial charge on any atom is 0.119 e. The van der Waals surface area contributed by atoms with Gasteiger partial charge in [-0.05, 0) is 57.0 Å². The zero-order valence-corrected chi connectivity index (χ0v) is 12.0. The van der Waals surface area contributed by atoms with Crippen LogP contribution in [-0.2, 0) is 6.42 Å². The molecule has 102 valence electrons. The zero-order chi connectivity index (χ0) is 14.0. The molecule has 4 heteroatoms. The van der Waals surface area contributed by atoms with Gasteiger partial charge in [0.15, 0.2) is 0 Å². The predicted molar refractivity (Wildman–Crippen MR) is 76.9 cm³/mol. The van der Waals surface area contributed by atoms with Gasteiger partial charge in [-0.15, -0.1) is 0 Å². The van der Waals surface area contributed by atoms with Crippen LogP contribution in [0, 0.1) is 13.8 Å². The fourth-order valence-corrected chi connectivity index (χ4v) is 2.27. The first-order valence-electron chi connectivity index (χ1n) is 6.48. The number of aryl methyl sites for hydroxylation is 1. The van der Waals surface area contributed by atoms with Crippen LogP contribution in [0.25, 0.3) is 5.69 Å². The van der Waals surface area contributed by atoms with E-state index in [1.165, 1.54) is 5.56 Å². The second-order valence-corrected chi connectivity index (χ2v) is 4.94. The molecule has 0 fully saturated rings. The van der Waals surface area contributed by atoms with Crippen molar-refractivity contribution in [2.75, 3.05) is 7.11 Å². The molecule has 1 unspecified atom stereocenters. The van der Waals surface area contributed by atoms with Crippen LogP contribution in [0.3, 0.4) is 0 Å². The summed E-state index contributed by atoms with van der Waals surface area (Å²) in [6.07, 6.45) is 0.855. The van der Waals surface area contributed by atoms with E-state index in [1.807, 2.05) is 42.8 Å². The highest BCUT2D eigenvalue weighted by molar-refractivity contribution is 5.40. The Hall–Kier alpha value is -1.81. The Bertz CT molecular complexity index is 556. The first-order chi connectivity index (χ1) is 9.02. The van der Waals surface area contributed by atoms with Crippen molar-refractivity contribution in [3.8, 4) is 11.4 Å². The predicted octanol–water partition coefficient (Wildman–Crippen LogP) is 2.39. The summed E-state index contributed by atoms with van der Waals surface area (Å²) in [5.41, 5.74) is 10.4. The second-order valence-electron chi connectivity index (χ2n) is 4.94. The Kier molecular flexibility index (Phi) is 3.90. The Morgan fingerprint density at radius 2 is 1.89 bits per heavy atom. The lowest BCUT2D eigenvalue weighted by atomic mass is 10.1. The lowest BCUT2D eigenvalue weighted by Crippen LogP contribution is -2.18. The minimum Gasteiger partial charge on any atom is -0.497 e. The normalized spacial score (nSPS) is 12.5. The Balaban J connectivity index is 2.39. The largest absolute Gasteiger partial charge is 0.497 e. The Morgan fingerprint density at radius 3 is 2.42 bits per heavy atom. The third-order valence-corrected chi connectivity index (χ3v) is 3.28. The summed E-state index contributed by atoms with van der Waals surface area (Å²) >= 11 is 0. The van der Waals surface area contributed by atoms with Crippen molar-refractivity contribution in [1.29, 1.82) is 0 Å². The molecule has 4 nitrogen and oxygen atoms in total. The summed E-state index contributed by atoms with van der Waals surface area (Å²) in [4.78, 5) is 0. The molecule has 0 bridgehead atoms. The van der Waals surface area contributed by atoms with Crippen molar-refractivity contribution in [2.24, 2.45) is 5.73 Å². The van der Waals surface area contributed by atoms with Crippen LogP contribution in [-0.4, -0.2) is 22.9 Å². The number of nitrogens with zero attached hydrogens (tertiary/aromatic N) is 2. The molecule has 0 amide bonds. The van der Waals surface area contributed by atoms with Gasteiger partial charge >= 0.3 is 0 Å². The van der Waals surface area contributed by atoms with Crippen molar-refractivity contribution < 1.29 is 4.74 Å². The summed E-state index contributed by atoms with van der Waals surface area (Å²) in [7, 11) is 1.67. The van der Waals surface area contributed by atoms with Crippen LogP contribution >= 0.6 is 0 Å². The molecule has 1 aromatic heterocycles. The molecule has 1 heterocycles. The van der Waals surface area contributed by atoms with Crippen molar-refractivity contribution in [3.63, 3.8) is 0 Å². The van der Waals surface area contributed by atoms with Gasteiger partial charge in [0, 0.05) is 11.7 Å². The fraction of sp³-hybridized carbons (Fsp3) is 0.400. The average molecular weight is 259 g/mol. The van der Waals surface area contributed by atoms with Crippen LogP contribution in [0.1, 0.15) is 23.9 Å². The summed E-state index contributed by atoms with van der Waals surface area (Å²) in [5.74, 6) is 0.848. The van der Waals surface area contributed by atoms with Crippen LogP contribution in [0.15, 0.2) is 24.3 Å². The van der Waals surface area contributed by atoms with Crippen LogP contribution in [0.2, 0.25) is 0 Å². The van der Waals surface area contributed by atoms with E-state index in [9.17, 15) is 0 Å². The molecule has 0 saturated heterocycles. The Labute approximate surface area is 114 Å². The molecular formula is C15H21N3O. The van der Waals surface area contributed by atoms with Crippen molar-refractivity contribution in [3.05, 3.63) is 41.2 Å². The van der Waals surface area contributed by atoms with Gasteiger partial charge in [0.05, 0.1) is 18.5 Å². The molecule has 2 N–H and O–H groups in total. The quantitative estimate of drug-likeness (QED) is 0.917. The number of ether oxygens (including phenoxy) is 1. The molecule has 0 aliphatic heterocycles. The number of aromatic nitrogens is 2. The summed E-state index contributed by atoms with van der Waals surface area (Å²) < 4.78 is 7.14. The molecule has 2 rings (SSSR count). The number of nitrogens with two attached hydrogens (primary N) is 1. The highest BCUT2D eigenvalue weighted by atomic mass is 16.5. The van der Waals surface area contributed by atoms with Crippen molar-refractivity contribution in [1.82, 2.24) is 9.78 Å². The topological polar surface area (TPSA) is 53.1 Å². The maximum absolute atomic E-state index is 5.89. The van der Waals surface area contributed by atoms with E-state index in [2.05, 4.69) is 12.0 Å². The summed E-state index contributed by atoms with van der Waals surface area (Å²) in [6.45, 7) is 6.14. The molecule has 0 radical (unpaired) electrons. The number of methoxy groups -OCH3 is 1. The minimum atomic E-state index is 0.144. The lowest BCUT2D eigenvalue weighted by Gasteiger charge is -2.08. The van der Waals surface area contributed by atoms with E-state index in [0.29, 0.717) is 0 Å². The van der Waals surface area contributed by atoms with Crippen molar-refractivity contribution in [2.45, 2.75) is 33.2 Å². The Morgan fingerprint density at radius 1 is 1.26 bits per heavy atom. The highest BCUT2D eigenvalue weighted by Gasteiger charge is 2.13. The van der Waals surface area contributed by atoms with E-state index < -0.39 is 0 Å². The molecular weight excluding hydrogens is 238 g/mol. The van der Waals surface area contributed by atoms with Gasteiger partial charge in [-0.1, -0.05) is 0 Å². The van der Waals surface area contributed by atoms with Gasteiger partial charge in [-0.3, -0.25) is 0 Å². The molecule has 0 aliphatic carbocycles. The van der Waals surface area contributed by atoms with E-state index in [-0.39, 0.29) is 6.04 Å². The van der Waals surface area contributed by atoms with E-state index in [4.69, 9.17) is 10.5 Å². The maximum atomic E-state index is 5.89. The minimum absolute atomic E-state index is 0.144. The van der Waals surface area contributed by atoms with Gasteiger partial charge in [0.2, 0.25) is 0 Å². The van der Waals surface area contributed by atoms with E-state index in [1.54, 1.807) is 7.11 Å². The van der Waals surface area contributed by atoms with Gasteiger partial charge in [0.25, 0.3) is 0 Å². The van der Waals surface area contributed by atoms with E-state index >= 15 is 0 Å². The first-order valence-corrected chi connectivity index (χ1v) is 6.48. The lowest BCUT2D eigenvalue weighted by molar-refractivity contribution is 0.414. The van der Waals surface area contributed by atoms with Crippen LogP contribution in [0.5, 0.6) is 5.75 Å². The van der Waals surface area contributed by atoms with Gasteiger partial charge < -0.3 is 10.5 Å². The van der Waals surface area contributed by atoms with Gasteiger partial charge in [0.1, 0.15) is 5.75 Å². The molecule has 0 saturated carbocycles. The molecule has 0 aliphatic rings. The fourth-order valence-electron chi connectivity index (χ4n) is 2.27. The zero-order valence-electron chi connectivity index (χ0n) is 12.0. The van der Waals surface area contributed by atoms with Gasteiger partial charge in [-0.2, -0.15) is 5.10 Å². The molecule has 1 aromatic carbocycles. The number of rotatable bonds is 4. The van der Waals surface area contributed by atoms with Crippen LogP contribution < -0.4 is 10.5 Å². The van der Waals surface area contributed by atoms with Gasteiger partial charge in [-0.25, -0.2) is 4.68 Å². The van der Waals surface area contributed by atoms with E-state index in [0.717, 1.165) is 29.2 Å². The number of hydrogen-bond donors (Lipinski definition) is 1. The molecule has 2 aromatic rings. The molecule has 1 atom stereocenters. The summed E-state index contributed by atoms with van der Waals surface area (Å²) in [5, 5.41) is 4.61. The van der Waals surface area contributed by atoms with Crippen LogP contribution in [0.4, 0.5) is 0 Å². The number of benzene rings is 1. The standard InChI is InChI=1S/C15H21N3O/c1-10(16)9-15-11(2)17-18(12(15)3)13-5-7-14(19-4)8-6-13/h5-8,10H,9,16H2,1-4H3. The third-order valence-electron chi connectivity index (χ3n) is 3.28. The first kappa shape index (κ1) is 13.6. The SMILES string of the molecule is COc1ccc(-n2nc(C)c(CC(C)N)c2C)cc1. The van der Waals surface area contributed by atoms with Crippen molar-refractivity contribution >= 4 is 0 Å². The monoisotopic (exact) mass is 259 g/mol. The second kappa shape index (κ2) is 5.45. The molecule has 19 heavy (non-hydrogen) atoms. The summed E-state index contributed by atoms with van der Waals surface area (Å²) in [6, 6.07) is 8.04. The highest BCUT2D eigenvalue weighted by Crippen LogP contribution is 2.21. The average Bonchev–Trinajstić information content (AvgIpc) is 2.66.